The Morgan fingerprint density at radius 3 is 2.79 bits per heavy atom. The molecule has 0 amide bonds. The molecular weight excluding hydrogens is 246 g/mol. The van der Waals surface area contributed by atoms with Crippen LogP contribution in [0.4, 0.5) is 5.82 Å². The lowest BCUT2D eigenvalue weighted by molar-refractivity contribution is 0.103. The molecule has 1 aromatic heterocycles. The first-order valence-electron chi connectivity index (χ1n) is 5.78. The third-order valence-electron chi connectivity index (χ3n) is 2.59. The number of nitrogen functional groups attached to an aromatic ring is 1. The van der Waals surface area contributed by atoms with E-state index in [9.17, 15) is 4.79 Å². The lowest BCUT2D eigenvalue weighted by atomic mass is 10.0. The second kappa shape index (κ2) is 6.01. The van der Waals surface area contributed by atoms with Crippen molar-refractivity contribution >= 4 is 11.6 Å². The molecule has 1 heterocycles. The minimum atomic E-state index is -0.223. The van der Waals surface area contributed by atoms with Crippen molar-refractivity contribution in [3.8, 4) is 5.75 Å². The summed E-state index contributed by atoms with van der Waals surface area (Å²) in [6.07, 6.45) is 1.41. The number of nitrogens with zero attached hydrogens (tertiary/aromatic N) is 1. The van der Waals surface area contributed by atoms with E-state index in [1.807, 2.05) is 0 Å². The van der Waals surface area contributed by atoms with E-state index in [-0.39, 0.29) is 11.6 Å². The first-order valence-corrected chi connectivity index (χ1v) is 5.78. The zero-order valence-electron chi connectivity index (χ0n) is 10.6. The van der Waals surface area contributed by atoms with Crippen molar-refractivity contribution in [2.75, 3.05) is 26.1 Å². The summed E-state index contributed by atoms with van der Waals surface area (Å²) in [5.41, 5.74) is 6.44. The molecule has 0 unspecified atom stereocenters. The molecule has 1 aromatic carbocycles. The highest BCUT2D eigenvalue weighted by Crippen LogP contribution is 2.23. The molecular formula is C13H15N3O3. The van der Waals surface area contributed by atoms with Crippen LogP contribution in [0.15, 0.2) is 30.5 Å². The van der Waals surface area contributed by atoms with E-state index < -0.39 is 0 Å². The van der Waals surface area contributed by atoms with Crippen LogP contribution in [0.1, 0.15) is 15.9 Å². The molecule has 0 spiro atoms. The molecule has 0 saturated carbocycles. The summed E-state index contributed by atoms with van der Waals surface area (Å²) in [5.74, 6) is 0.529. The Bertz CT molecular complexity index is 566. The molecule has 2 aromatic rings. The average Bonchev–Trinajstić information content (AvgIpc) is 2.85. The number of anilines is 1. The minimum absolute atomic E-state index is 0.223. The summed E-state index contributed by atoms with van der Waals surface area (Å²) in [6, 6.07) is 7.00. The van der Waals surface area contributed by atoms with Gasteiger partial charge in [0.05, 0.1) is 23.9 Å². The lowest BCUT2D eigenvalue weighted by Crippen LogP contribution is -2.09. The fourth-order valence-electron chi connectivity index (χ4n) is 1.64. The number of para-hydroxylation sites is 1. The molecule has 6 heteroatoms. The van der Waals surface area contributed by atoms with Crippen LogP contribution >= 0.6 is 0 Å². The predicted octanol–water partition coefficient (Wildman–Crippen LogP) is 1.25. The number of aromatic amines is 1. The van der Waals surface area contributed by atoms with E-state index in [4.69, 9.17) is 15.2 Å². The van der Waals surface area contributed by atoms with E-state index in [0.717, 1.165) is 0 Å². The van der Waals surface area contributed by atoms with Gasteiger partial charge in [-0.2, -0.15) is 5.10 Å². The third kappa shape index (κ3) is 2.92. The number of aromatic nitrogens is 2. The number of methoxy groups -OCH3 is 1. The highest BCUT2D eigenvalue weighted by Gasteiger charge is 2.17. The Labute approximate surface area is 110 Å². The predicted molar refractivity (Wildman–Crippen MR) is 70.2 cm³/mol. The number of rotatable bonds is 6. The molecule has 6 nitrogen and oxygen atoms in total. The average molecular weight is 261 g/mol. The molecule has 100 valence electrons. The molecule has 0 saturated heterocycles. The second-order valence-electron chi connectivity index (χ2n) is 3.86. The van der Waals surface area contributed by atoms with Gasteiger partial charge in [0, 0.05) is 7.11 Å². The number of hydrogen-bond acceptors (Lipinski definition) is 5. The van der Waals surface area contributed by atoms with Crippen LogP contribution in [0.3, 0.4) is 0 Å². The van der Waals surface area contributed by atoms with E-state index in [1.54, 1.807) is 31.4 Å². The summed E-state index contributed by atoms with van der Waals surface area (Å²) in [7, 11) is 1.59. The van der Waals surface area contributed by atoms with Crippen molar-refractivity contribution in [1.82, 2.24) is 10.2 Å². The van der Waals surface area contributed by atoms with Crippen molar-refractivity contribution in [3.05, 3.63) is 41.6 Å². The van der Waals surface area contributed by atoms with Crippen LogP contribution in [-0.4, -0.2) is 36.3 Å². The molecule has 0 radical (unpaired) electrons. The number of ether oxygens (including phenoxy) is 2. The number of hydrogen-bond donors (Lipinski definition) is 2. The van der Waals surface area contributed by atoms with Gasteiger partial charge >= 0.3 is 0 Å². The largest absolute Gasteiger partial charge is 0.490 e. The molecule has 3 N–H and O–H groups in total. The Kier molecular flexibility index (Phi) is 4.15. The van der Waals surface area contributed by atoms with Crippen molar-refractivity contribution in [1.29, 1.82) is 0 Å². The molecule has 2 rings (SSSR count). The topological polar surface area (TPSA) is 90.2 Å². The van der Waals surface area contributed by atoms with Crippen LogP contribution in [-0.2, 0) is 4.74 Å². The van der Waals surface area contributed by atoms with Crippen molar-refractivity contribution in [2.24, 2.45) is 0 Å². The highest BCUT2D eigenvalue weighted by molar-refractivity contribution is 6.13. The molecule has 0 aliphatic heterocycles. The Morgan fingerprint density at radius 2 is 2.11 bits per heavy atom. The van der Waals surface area contributed by atoms with E-state index in [2.05, 4.69) is 10.2 Å². The number of ketones is 1. The Morgan fingerprint density at radius 1 is 1.32 bits per heavy atom. The number of carbonyl (C=O) groups is 1. The van der Waals surface area contributed by atoms with Gasteiger partial charge in [0.2, 0.25) is 5.78 Å². The van der Waals surface area contributed by atoms with Gasteiger partial charge in [0.15, 0.2) is 0 Å². The fourth-order valence-corrected chi connectivity index (χ4v) is 1.64. The number of benzene rings is 1. The third-order valence-corrected chi connectivity index (χ3v) is 2.59. The highest BCUT2D eigenvalue weighted by atomic mass is 16.5. The van der Waals surface area contributed by atoms with Gasteiger partial charge in [0.1, 0.15) is 18.2 Å². The number of carbonyl (C=O) groups excluding carboxylic acids is 1. The quantitative estimate of drug-likeness (QED) is 0.603. The second-order valence-corrected chi connectivity index (χ2v) is 3.86. The summed E-state index contributed by atoms with van der Waals surface area (Å²) < 4.78 is 10.4. The maximum Gasteiger partial charge on any atom is 0.202 e. The molecule has 0 fully saturated rings. The fraction of sp³-hybridized carbons (Fsp3) is 0.231. The van der Waals surface area contributed by atoms with Gasteiger partial charge in [-0.25, -0.2) is 0 Å². The zero-order chi connectivity index (χ0) is 13.7. The lowest BCUT2D eigenvalue weighted by Gasteiger charge is -2.09. The summed E-state index contributed by atoms with van der Waals surface area (Å²) in [6.45, 7) is 0.831. The molecule has 0 atom stereocenters. The standard InChI is InChI=1S/C13H15N3O3/c1-18-6-7-19-11-5-3-2-4-9(11)12(17)10-8-15-16-13(10)14/h2-5,8H,6-7H2,1H3,(H3,14,15,16). The number of nitrogens with one attached hydrogen (secondary N) is 1. The first kappa shape index (κ1) is 13.1. The van der Waals surface area contributed by atoms with Crippen LogP contribution in [0.5, 0.6) is 5.75 Å². The van der Waals surface area contributed by atoms with E-state index >= 15 is 0 Å². The van der Waals surface area contributed by atoms with Crippen LogP contribution in [0, 0.1) is 0 Å². The number of H-pyrrole nitrogens is 1. The number of nitrogens with two attached hydrogens (primary N) is 1. The van der Waals surface area contributed by atoms with Gasteiger partial charge < -0.3 is 15.2 Å². The van der Waals surface area contributed by atoms with E-state index in [0.29, 0.717) is 30.1 Å². The van der Waals surface area contributed by atoms with Gasteiger partial charge in [-0.05, 0) is 12.1 Å². The maximum absolute atomic E-state index is 12.3. The normalized spacial score (nSPS) is 10.4. The summed E-state index contributed by atoms with van der Waals surface area (Å²) in [5, 5.41) is 6.28. The first-order chi connectivity index (χ1) is 9.24. The van der Waals surface area contributed by atoms with Crippen LogP contribution in [0.2, 0.25) is 0 Å². The molecule has 0 aliphatic carbocycles. The maximum atomic E-state index is 12.3. The van der Waals surface area contributed by atoms with Gasteiger partial charge in [-0.3, -0.25) is 9.89 Å². The molecule has 19 heavy (non-hydrogen) atoms. The van der Waals surface area contributed by atoms with Crippen LogP contribution < -0.4 is 10.5 Å². The van der Waals surface area contributed by atoms with Gasteiger partial charge in [-0.15, -0.1) is 0 Å². The monoisotopic (exact) mass is 261 g/mol. The van der Waals surface area contributed by atoms with Gasteiger partial charge in [-0.1, -0.05) is 12.1 Å². The van der Waals surface area contributed by atoms with Crippen LogP contribution in [0.25, 0.3) is 0 Å². The van der Waals surface area contributed by atoms with Gasteiger partial charge in [0.25, 0.3) is 0 Å². The van der Waals surface area contributed by atoms with Crippen molar-refractivity contribution < 1.29 is 14.3 Å². The van der Waals surface area contributed by atoms with Crippen molar-refractivity contribution in [2.45, 2.75) is 0 Å². The smallest absolute Gasteiger partial charge is 0.202 e. The summed E-state index contributed by atoms with van der Waals surface area (Å²) >= 11 is 0. The summed E-state index contributed by atoms with van der Waals surface area (Å²) in [4.78, 5) is 12.3. The Hall–Kier alpha value is -2.34. The zero-order valence-corrected chi connectivity index (χ0v) is 10.6. The minimum Gasteiger partial charge on any atom is -0.490 e. The Balaban J connectivity index is 2.24. The van der Waals surface area contributed by atoms with E-state index in [1.165, 1.54) is 6.20 Å². The molecule has 0 aliphatic rings. The molecule has 0 bridgehead atoms. The SMILES string of the molecule is COCCOc1ccccc1C(=O)c1cn[nH]c1N. The van der Waals surface area contributed by atoms with Crippen molar-refractivity contribution in [3.63, 3.8) is 0 Å².